The lowest BCUT2D eigenvalue weighted by Gasteiger charge is -2.21. The van der Waals surface area contributed by atoms with E-state index in [0.29, 0.717) is 23.7 Å². The van der Waals surface area contributed by atoms with E-state index in [1.54, 1.807) is 25.3 Å². The fourth-order valence-electron chi connectivity index (χ4n) is 2.78. The summed E-state index contributed by atoms with van der Waals surface area (Å²) >= 11 is 0. The average molecular weight is 278 g/mol. The van der Waals surface area contributed by atoms with Crippen LogP contribution in [-0.2, 0) is 11.3 Å². The van der Waals surface area contributed by atoms with Crippen molar-refractivity contribution in [2.45, 2.75) is 38.7 Å². The van der Waals surface area contributed by atoms with Gasteiger partial charge < -0.3 is 19.5 Å². The Hall–Kier alpha value is -1.04. The van der Waals surface area contributed by atoms with Crippen LogP contribution in [0.3, 0.4) is 0 Å². The van der Waals surface area contributed by atoms with Crippen LogP contribution in [0.15, 0.2) is 18.2 Å². The fraction of sp³-hybridized carbons (Fsp3) is 0.600. The molecule has 110 valence electrons. The number of hydrogen-bond acceptors (Lipinski definition) is 4. The number of ether oxygens (including phenoxy) is 2. The fourth-order valence-corrected chi connectivity index (χ4v) is 2.78. The third kappa shape index (κ3) is 4.23. The second-order valence-electron chi connectivity index (χ2n) is 5.46. The molecular formula is C15H23BO4. The summed E-state index contributed by atoms with van der Waals surface area (Å²) in [7, 11) is 0.117. The highest BCUT2D eigenvalue weighted by Crippen LogP contribution is 2.24. The zero-order valence-electron chi connectivity index (χ0n) is 12.0. The quantitative estimate of drug-likeness (QED) is 0.774. The van der Waals surface area contributed by atoms with E-state index < -0.39 is 7.12 Å². The molecule has 0 saturated heterocycles. The molecule has 1 aromatic carbocycles. The minimum Gasteiger partial charge on any atom is -0.497 e. The Balaban J connectivity index is 1.92. The molecule has 20 heavy (non-hydrogen) atoms. The van der Waals surface area contributed by atoms with Gasteiger partial charge in [0.15, 0.2) is 0 Å². The van der Waals surface area contributed by atoms with Gasteiger partial charge in [0.05, 0.1) is 13.7 Å². The third-order valence-corrected chi connectivity index (χ3v) is 3.96. The van der Waals surface area contributed by atoms with E-state index in [4.69, 9.17) is 9.47 Å². The van der Waals surface area contributed by atoms with E-state index in [9.17, 15) is 10.0 Å². The van der Waals surface area contributed by atoms with E-state index in [-0.39, 0.29) is 0 Å². The summed E-state index contributed by atoms with van der Waals surface area (Å²) in [5.74, 6) is 1.35. The van der Waals surface area contributed by atoms with Crippen molar-refractivity contribution in [1.82, 2.24) is 0 Å². The molecule has 0 radical (unpaired) electrons. The van der Waals surface area contributed by atoms with Crippen LogP contribution in [0.4, 0.5) is 0 Å². The highest BCUT2D eigenvalue weighted by atomic mass is 16.5. The Kier molecular flexibility index (Phi) is 5.89. The molecule has 1 aliphatic rings. The first-order valence-electron chi connectivity index (χ1n) is 7.31. The highest BCUT2D eigenvalue weighted by Gasteiger charge is 2.18. The lowest BCUT2D eigenvalue weighted by atomic mass is 9.77. The molecule has 1 aromatic rings. The summed E-state index contributed by atoms with van der Waals surface area (Å²) in [5.41, 5.74) is 1.25. The van der Waals surface area contributed by atoms with Crippen LogP contribution in [-0.4, -0.2) is 30.9 Å². The van der Waals surface area contributed by atoms with Crippen molar-refractivity contribution >= 4 is 12.6 Å². The molecule has 1 saturated carbocycles. The van der Waals surface area contributed by atoms with Crippen LogP contribution in [0.1, 0.15) is 37.7 Å². The molecule has 1 aliphatic carbocycles. The van der Waals surface area contributed by atoms with Crippen LogP contribution in [0.5, 0.6) is 5.75 Å². The largest absolute Gasteiger partial charge is 0.497 e. The molecule has 0 heterocycles. The number of benzene rings is 1. The van der Waals surface area contributed by atoms with E-state index in [2.05, 4.69) is 0 Å². The number of rotatable bonds is 6. The zero-order chi connectivity index (χ0) is 14.4. The predicted molar refractivity (Wildman–Crippen MR) is 79.1 cm³/mol. The van der Waals surface area contributed by atoms with Gasteiger partial charge in [-0.25, -0.2) is 0 Å². The van der Waals surface area contributed by atoms with Gasteiger partial charge in [0.2, 0.25) is 0 Å². The first kappa shape index (κ1) is 15.4. The molecule has 0 aliphatic heterocycles. The van der Waals surface area contributed by atoms with E-state index >= 15 is 0 Å². The summed E-state index contributed by atoms with van der Waals surface area (Å²) < 4.78 is 10.9. The van der Waals surface area contributed by atoms with Gasteiger partial charge in [-0.15, -0.1) is 0 Å². The lowest BCUT2D eigenvalue weighted by Crippen LogP contribution is -2.33. The first-order chi connectivity index (χ1) is 9.70. The molecule has 4 nitrogen and oxygen atoms in total. The van der Waals surface area contributed by atoms with E-state index in [1.807, 2.05) is 0 Å². The molecule has 1 fully saturated rings. The van der Waals surface area contributed by atoms with Crippen LogP contribution in [0, 0.1) is 5.92 Å². The van der Waals surface area contributed by atoms with Crippen molar-refractivity contribution in [2.75, 3.05) is 13.7 Å². The smallest absolute Gasteiger partial charge is 0.488 e. The second kappa shape index (κ2) is 7.67. The van der Waals surface area contributed by atoms with Crippen LogP contribution < -0.4 is 10.2 Å². The monoisotopic (exact) mass is 278 g/mol. The van der Waals surface area contributed by atoms with Gasteiger partial charge in [-0.3, -0.25) is 0 Å². The summed E-state index contributed by atoms with van der Waals surface area (Å²) in [6.45, 7) is 1.14. The van der Waals surface area contributed by atoms with Gasteiger partial charge in [0, 0.05) is 6.61 Å². The molecular weight excluding hydrogens is 255 g/mol. The zero-order valence-corrected chi connectivity index (χ0v) is 12.0. The highest BCUT2D eigenvalue weighted by molar-refractivity contribution is 6.59. The summed E-state index contributed by atoms with van der Waals surface area (Å²) in [6, 6.07) is 5.19. The van der Waals surface area contributed by atoms with Crippen molar-refractivity contribution < 1.29 is 19.5 Å². The molecule has 2 N–H and O–H groups in total. The average Bonchev–Trinajstić information content (AvgIpc) is 2.48. The summed E-state index contributed by atoms with van der Waals surface area (Å²) in [5, 5.41) is 18.8. The SMILES string of the molecule is COc1ccc(B(O)O)c(COCC2CCCCC2)c1. The van der Waals surface area contributed by atoms with Gasteiger partial charge in [-0.05, 0) is 41.9 Å². The number of methoxy groups -OCH3 is 1. The van der Waals surface area contributed by atoms with Gasteiger partial charge in [-0.1, -0.05) is 25.3 Å². The molecule has 0 unspecified atom stereocenters. The van der Waals surface area contributed by atoms with E-state index in [1.165, 1.54) is 32.1 Å². The normalized spacial score (nSPS) is 16.1. The topological polar surface area (TPSA) is 58.9 Å². The summed E-state index contributed by atoms with van der Waals surface area (Å²) in [6.07, 6.45) is 6.43. The molecule has 0 bridgehead atoms. The third-order valence-electron chi connectivity index (χ3n) is 3.96. The summed E-state index contributed by atoms with van der Waals surface area (Å²) in [4.78, 5) is 0. The maximum atomic E-state index is 9.38. The molecule has 0 atom stereocenters. The van der Waals surface area contributed by atoms with Crippen LogP contribution in [0.2, 0.25) is 0 Å². The van der Waals surface area contributed by atoms with Crippen molar-refractivity contribution in [1.29, 1.82) is 0 Å². The lowest BCUT2D eigenvalue weighted by molar-refractivity contribution is 0.0741. The van der Waals surface area contributed by atoms with Crippen molar-refractivity contribution in [3.8, 4) is 5.75 Å². The van der Waals surface area contributed by atoms with Crippen molar-refractivity contribution in [3.63, 3.8) is 0 Å². The van der Waals surface area contributed by atoms with Crippen molar-refractivity contribution in [3.05, 3.63) is 23.8 Å². The standard InChI is InChI=1S/C15H23BO4/c1-19-14-7-8-15(16(17)18)13(9-14)11-20-10-12-5-3-2-4-6-12/h7-9,12,17-18H,2-6,10-11H2,1H3. The minimum absolute atomic E-state index is 0.390. The van der Waals surface area contributed by atoms with Crippen LogP contribution in [0.25, 0.3) is 0 Å². The molecule has 0 aromatic heterocycles. The Morgan fingerprint density at radius 2 is 1.95 bits per heavy atom. The Bertz CT molecular complexity index is 416. The van der Waals surface area contributed by atoms with E-state index in [0.717, 1.165) is 12.2 Å². The van der Waals surface area contributed by atoms with Crippen molar-refractivity contribution in [2.24, 2.45) is 5.92 Å². The Labute approximate surface area is 120 Å². The first-order valence-corrected chi connectivity index (χ1v) is 7.31. The van der Waals surface area contributed by atoms with Gasteiger partial charge in [-0.2, -0.15) is 0 Å². The molecule has 2 rings (SSSR count). The van der Waals surface area contributed by atoms with Crippen LogP contribution >= 0.6 is 0 Å². The molecule has 0 spiro atoms. The Morgan fingerprint density at radius 1 is 1.20 bits per heavy atom. The molecule has 0 amide bonds. The number of hydrogen-bond donors (Lipinski definition) is 2. The maximum Gasteiger partial charge on any atom is 0.488 e. The Morgan fingerprint density at radius 3 is 2.60 bits per heavy atom. The molecule has 5 heteroatoms. The van der Waals surface area contributed by atoms with Gasteiger partial charge in [0.1, 0.15) is 5.75 Å². The van der Waals surface area contributed by atoms with Gasteiger partial charge >= 0.3 is 7.12 Å². The van der Waals surface area contributed by atoms with Gasteiger partial charge in [0.25, 0.3) is 0 Å². The second-order valence-corrected chi connectivity index (χ2v) is 5.46. The predicted octanol–water partition coefficient (Wildman–Crippen LogP) is 1.47. The maximum absolute atomic E-state index is 9.38. The minimum atomic E-state index is -1.48.